The molecule has 0 fully saturated rings. The van der Waals surface area contributed by atoms with Crippen molar-refractivity contribution in [1.82, 2.24) is 15.5 Å². The highest BCUT2D eigenvalue weighted by Crippen LogP contribution is 2.30. The average Bonchev–Trinajstić information content (AvgIpc) is 2.85. The molecule has 102 valence electrons. The molecule has 0 amide bonds. The standard InChI is InChI=1S/C15H21N3S/c1-5-13(16-6-2)15-18-17-14(19-15)12-8-7-10(3)9-11(12)4/h7-9,13,16H,5-6H2,1-4H3. The second kappa shape index (κ2) is 6.26. The highest BCUT2D eigenvalue weighted by Gasteiger charge is 2.15. The van der Waals surface area contributed by atoms with Crippen LogP contribution >= 0.6 is 11.3 Å². The van der Waals surface area contributed by atoms with Crippen molar-refractivity contribution in [2.24, 2.45) is 0 Å². The molecule has 0 radical (unpaired) electrons. The molecule has 2 aromatic rings. The van der Waals surface area contributed by atoms with Gasteiger partial charge in [0.1, 0.15) is 10.0 Å². The zero-order valence-corrected chi connectivity index (χ0v) is 12.8. The number of rotatable bonds is 5. The molecule has 1 aromatic carbocycles. The normalized spacial score (nSPS) is 12.6. The summed E-state index contributed by atoms with van der Waals surface area (Å²) in [6.45, 7) is 9.49. The number of hydrogen-bond acceptors (Lipinski definition) is 4. The summed E-state index contributed by atoms with van der Waals surface area (Å²) in [4.78, 5) is 0. The molecule has 0 aliphatic carbocycles. The van der Waals surface area contributed by atoms with Crippen LogP contribution < -0.4 is 5.32 Å². The molecule has 1 unspecified atom stereocenters. The van der Waals surface area contributed by atoms with Crippen LogP contribution in [0, 0.1) is 13.8 Å². The highest BCUT2D eigenvalue weighted by molar-refractivity contribution is 7.14. The molecule has 1 N–H and O–H groups in total. The van der Waals surface area contributed by atoms with E-state index in [1.54, 1.807) is 11.3 Å². The first-order chi connectivity index (χ1) is 9.15. The van der Waals surface area contributed by atoms with Crippen LogP contribution in [0.25, 0.3) is 10.6 Å². The molecule has 0 bridgehead atoms. The van der Waals surface area contributed by atoms with E-state index in [2.05, 4.69) is 61.4 Å². The summed E-state index contributed by atoms with van der Waals surface area (Å²) >= 11 is 1.69. The third kappa shape index (κ3) is 3.19. The third-order valence-corrected chi connectivity index (χ3v) is 4.28. The van der Waals surface area contributed by atoms with E-state index >= 15 is 0 Å². The summed E-state index contributed by atoms with van der Waals surface area (Å²) in [6, 6.07) is 6.79. The van der Waals surface area contributed by atoms with Crippen molar-refractivity contribution in [1.29, 1.82) is 0 Å². The Morgan fingerprint density at radius 3 is 2.63 bits per heavy atom. The second-order valence-corrected chi connectivity index (χ2v) is 5.79. The van der Waals surface area contributed by atoms with E-state index in [4.69, 9.17) is 0 Å². The lowest BCUT2D eigenvalue weighted by atomic mass is 10.1. The fraction of sp³-hybridized carbons (Fsp3) is 0.467. The second-order valence-electron chi connectivity index (χ2n) is 4.78. The van der Waals surface area contributed by atoms with Crippen LogP contribution in [0.15, 0.2) is 18.2 Å². The topological polar surface area (TPSA) is 37.8 Å². The SMILES string of the molecule is CCNC(CC)c1nnc(-c2ccc(C)cc2C)s1. The molecular formula is C15H21N3S. The number of benzene rings is 1. The summed E-state index contributed by atoms with van der Waals surface area (Å²) in [6.07, 6.45) is 1.04. The Kier molecular flexibility index (Phi) is 4.66. The third-order valence-electron chi connectivity index (χ3n) is 3.21. The molecule has 0 saturated carbocycles. The first-order valence-electron chi connectivity index (χ1n) is 6.80. The van der Waals surface area contributed by atoms with Crippen LogP contribution in [0.5, 0.6) is 0 Å². The molecule has 1 heterocycles. The Balaban J connectivity index is 2.29. The van der Waals surface area contributed by atoms with Gasteiger partial charge in [-0.05, 0) is 32.4 Å². The number of aryl methyl sites for hydroxylation is 2. The Bertz CT molecular complexity index is 548. The molecule has 0 aliphatic rings. The Labute approximate surface area is 119 Å². The minimum atomic E-state index is 0.321. The highest BCUT2D eigenvalue weighted by atomic mass is 32.1. The van der Waals surface area contributed by atoms with Gasteiger partial charge < -0.3 is 5.32 Å². The van der Waals surface area contributed by atoms with Gasteiger partial charge in [0, 0.05) is 5.56 Å². The van der Waals surface area contributed by atoms with Gasteiger partial charge in [0.15, 0.2) is 0 Å². The largest absolute Gasteiger partial charge is 0.308 e. The van der Waals surface area contributed by atoms with Crippen LogP contribution in [-0.4, -0.2) is 16.7 Å². The zero-order chi connectivity index (χ0) is 13.8. The molecule has 19 heavy (non-hydrogen) atoms. The van der Waals surface area contributed by atoms with E-state index in [1.165, 1.54) is 16.7 Å². The van der Waals surface area contributed by atoms with Crippen molar-refractivity contribution in [3.05, 3.63) is 34.3 Å². The van der Waals surface area contributed by atoms with Crippen molar-refractivity contribution in [3.8, 4) is 10.6 Å². The summed E-state index contributed by atoms with van der Waals surface area (Å²) < 4.78 is 0. The average molecular weight is 275 g/mol. The lowest BCUT2D eigenvalue weighted by Crippen LogP contribution is -2.19. The lowest BCUT2D eigenvalue weighted by Gasteiger charge is -2.11. The number of nitrogens with one attached hydrogen (secondary N) is 1. The van der Waals surface area contributed by atoms with E-state index < -0.39 is 0 Å². The molecule has 1 aromatic heterocycles. The summed E-state index contributed by atoms with van der Waals surface area (Å²) in [5, 5.41) is 14.3. The molecule has 2 rings (SSSR count). The monoisotopic (exact) mass is 275 g/mol. The van der Waals surface area contributed by atoms with Crippen molar-refractivity contribution in [3.63, 3.8) is 0 Å². The molecule has 0 spiro atoms. The quantitative estimate of drug-likeness (QED) is 0.899. The van der Waals surface area contributed by atoms with E-state index in [0.717, 1.165) is 23.0 Å². The first kappa shape index (κ1) is 14.2. The molecule has 1 atom stereocenters. The molecule has 0 aliphatic heterocycles. The lowest BCUT2D eigenvalue weighted by molar-refractivity contribution is 0.531. The van der Waals surface area contributed by atoms with Gasteiger partial charge in [-0.1, -0.05) is 48.9 Å². The number of aromatic nitrogens is 2. The van der Waals surface area contributed by atoms with Gasteiger partial charge in [-0.3, -0.25) is 0 Å². The first-order valence-corrected chi connectivity index (χ1v) is 7.61. The fourth-order valence-electron chi connectivity index (χ4n) is 2.19. The molecular weight excluding hydrogens is 254 g/mol. The van der Waals surface area contributed by atoms with E-state index in [-0.39, 0.29) is 0 Å². The van der Waals surface area contributed by atoms with Gasteiger partial charge in [-0.25, -0.2) is 0 Å². The predicted molar refractivity (Wildman–Crippen MR) is 81.5 cm³/mol. The van der Waals surface area contributed by atoms with Gasteiger partial charge in [0.2, 0.25) is 0 Å². The maximum absolute atomic E-state index is 4.36. The molecule has 4 heteroatoms. The molecule has 0 saturated heterocycles. The van der Waals surface area contributed by atoms with Crippen LogP contribution in [0.1, 0.15) is 42.4 Å². The van der Waals surface area contributed by atoms with Crippen molar-refractivity contribution in [2.45, 2.75) is 40.2 Å². The van der Waals surface area contributed by atoms with Crippen molar-refractivity contribution in [2.75, 3.05) is 6.54 Å². The van der Waals surface area contributed by atoms with Crippen molar-refractivity contribution >= 4 is 11.3 Å². The zero-order valence-electron chi connectivity index (χ0n) is 12.0. The van der Waals surface area contributed by atoms with E-state index in [9.17, 15) is 0 Å². The minimum absolute atomic E-state index is 0.321. The van der Waals surface area contributed by atoms with Gasteiger partial charge in [-0.2, -0.15) is 0 Å². The summed E-state index contributed by atoms with van der Waals surface area (Å²) in [5.74, 6) is 0. The summed E-state index contributed by atoms with van der Waals surface area (Å²) in [7, 11) is 0. The molecule has 3 nitrogen and oxygen atoms in total. The van der Waals surface area contributed by atoms with E-state index in [1.807, 2.05) is 0 Å². The maximum Gasteiger partial charge on any atom is 0.148 e. The van der Waals surface area contributed by atoms with E-state index in [0.29, 0.717) is 6.04 Å². The van der Waals surface area contributed by atoms with Crippen LogP contribution in [-0.2, 0) is 0 Å². The van der Waals surface area contributed by atoms with Crippen LogP contribution in [0.4, 0.5) is 0 Å². The Morgan fingerprint density at radius 1 is 1.21 bits per heavy atom. The van der Waals surface area contributed by atoms with Crippen molar-refractivity contribution < 1.29 is 0 Å². The van der Waals surface area contributed by atoms with Gasteiger partial charge in [0.25, 0.3) is 0 Å². The minimum Gasteiger partial charge on any atom is -0.308 e. The van der Waals surface area contributed by atoms with Gasteiger partial charge >= 0.3 is 0 Å². The fourth-order valence-corrected chi connectivity index (χ4v) is 3.28. The van der Waals surface area contributed by atoms with Crippen LogP contribution in [0.3, 0.4) is 0 Å². The maximum atomic E-state index is 4.36. The number of hydrogen-bond donors (Lipinski definition) is 1. The Hall–Kier alpha value is -1.26. The Morgan fingerprint density at radius 2 is 2.00 bits per heavy atom. The number of nitrogens with zero attached hydrogens (tertiary/aromatic N) is 2. The summed E-state index contributed by atoms with van der Waals surface area (Å²) in [5.41, 5.74) is 3.74. The van der Waals surface area contributed by atoms with Gasteiger partial charge in [-0.15, -0.1) is 10.2 Å². The smallest absolute Gasteiger partial charge is 0.148 e. The van der Waals surface area contributed by atoms with Gasteiger partial charge in [0.05, 0.1) is 6.04 Å². The predicted octanol–water partition coefficient (Wildman–Crippen LogP) is 3.88. The van der Waals surface area contributed by atoms with Crippen LogP contribution in [0.2, 0.25) is 0 Å².